The third kappa shape index (κ3) is 3.87. The summed E-state index contributed by atoms with van der Waals surface area (Å²) in [6.45, 7) is 3.54. The Kier molecular flexibility index (Phi) is 5.36. The molecule has 4 nitrogen and oxygen atoms in total. The van der Waals surface area contributed by atoms with Crippen LogP contribution in [0, 0.1) is 5.92 Å². The summed E-state index contributed by atoms with van der Waals surface area (Å²) in [6, 6.07) is 5.31. The average Bonchev–Trinajstić information content (AvgIpc) is 2.37. The lowest BCUT2D eigenvalue weighted by Gasteiger charge is -2.11. The summed E-state index contributed by atoms with van der Waals surface area (Å²) in [4.78, 5) is 21.8. The van der Waals surface area contributed by atoms with Gasteiger partial charge in [-0.2, -0.15) is 0 Å². The molecular formula is C14H18O4. The first kappa shape index (κ1) is 14.2. The highest BCUT2D eigenvalue weighted by molar-refractivity contribution is 5.75. The molecule has 0 bridgehead atoms. The Labute approximate surface area is 107 Å². The minimum absolute atomic E-state index is 0.190. The number of methoxy groups -OCH3 is 1. The van der Waals surface area contributed by atoms with Crippen molar-refractivity contribution in [3.63, 3.8) is 0 Å². The fourth-order valence-electron chi connectivity index (χ4n) is 1.40. The van der Waals surface area contributed by atoms with Crippen LogP contribution < -0.4 is 9.47 Å². The lowest BCUT2D eigenvalue weighted by molar-refractivity contribution is -0.137. The van der Waals surface area contributed by atoms with Crippen LogP contribution in [0.15, 0.2) is 18.2 Å². The van der Waals surface area contributed by atoms with Crippen molar-refractivity contribution in [1.82, 2.24) is 0 Å². The number of aldehydes is 1. The molecule has 0 aliphatic heterocycles. The highest BCUT2D eigenvalue weighted by Gasteiger charge is 2.13. The monoisotopic (exact) mass is 250 g/mol. The van der Waals surface area contributed by atoms with Crippen LogP contribution in [0.4, 0.5) is 0 Å². The van der Waals surface area contributed by atoms with Crippen LogP contribution in [-0.2, 0) is 16.0 Å². The maximum Gasteiger partial charge on any atom is 0.313 e. The maximum absolute atomic E-state index is 11.5. The Morgan fingerprint density at radius 2 is 2.06 bits per heavy atom. The molecule has 18 heavy (non-hydrogen) atoms. The first-order valence-corrected chi connectivity index (χ1v) is 5.90. The fraction of sp³-hybridized carbons (Fsp3) is 0.429. The number of carbonyl (C=O) groups excluding carboxylic acids is 2. The fourth-order valence-corrected chi connectivity index (χ4v) is 1.40. The summed E-state index contributed by atoms with van der Waals surface area (Å²) in [6.07, 6.45) is 1.99. The van der Waals surface area contributed by atoms with E-state index in [1.54, 1.807) is 26.0 Å². The van der Waals surface area contributed by atoms with E-state index in [1.165, 1.54) is 7.11 Å². The molecule has 0 aliphatic carbocycles. The van der Waals surface area contributed by atoms with Crippen molar-refractivity contribution in [2.45, 2.75) is 26.7 Å². The smallest absolute Gasteiger partial charge is 0.313 e. The first-order chi connectivity index (χ1) is 8.58. The average molecular weight is 250 g/mol. The van der Waals surface area contributed by atoms with E-state index >= 15 is 0 Å². The highest BCUT2D eigenvalue weighted by atomic mass is 16.6. The number of aryl methyl sites for hydroxylation is 1. The summed E-state index contributed by atoms with van der Waals surface area (Å²) in [5.74, 6) is 0.428. The molecule has 0 aliphatic rings. The van der Waals surface area contributed by atoms with Crippen LogP contribution in [0.3, 0.4) is 0 Å². The predicted molar refractivity (Wildman–Crippen MR) is 67.9 cm³/mol. The van der Waals surface area contributed by atoms with Crippen molar-refractivity contribution >= 4 is 12.3 Å². The molecule has 0 heterocycles. The molecule has 0 radical (unpaired) electrons. The Morgan fingerprint density at radius 3 is 2.61 bits per heavy atom. The van der Waals surface area contributed by atoms with E-state index in [0.717, 1.165) is 11.8 Å². The molecule has 0 saturated heterocycles. The van der Waals surface area contributed by atoms with Gasteiger partial charge in [-0.15, -0.1) is 0 Å². The first-order valence-electron chi connectivity index (χ1n) is 5.90. The maximum atomic E-state index is 11.5. The van der Waals surface area contributed by atoms with Crippen LogP contribution in [0.25, 0.3) is 0 Å². The molecule has 0 spiro atoms. The Bertz CT molecular complexity index is 424. The van der Waals surface area contributed by atoms with Crippen LogP contribution in [0.2, 0.25) is 0 Å². The topological polar surface area (TPSA) is 52.6 Å². The van der Waals surface area contributed by atoms with E-state index in [9.17, 15) is 9.59 Å². The third-order valence-corrected chi connectivity index (χ3v) is 2.46. The van der Waals surface area contributed by atoms with Gasteiger partial charge in [-0.05, 0) is 24.1 Å². The number of carbonyl (C=O) groups is 2. The second-order valence-corrected chi connectivity index (χ2v) is 4.27. The zero-order chi connectivity index (χ0) is 13.5. The van der Waals surface area contributed by atoms with Crippen molar-refractivity contribution in [2.75, 3.05) is 7.11 Å². The van der Waals surface area contributed by atoms with Gasteiger partial charge in [0.1, 0.15) is 6.29 Å². The molecule has 1 rings (SSSR count). The van der Waals surface area contributed by atoms with Gasteiger partial charge in [0.25, 0.3) is 0 Å². The minimum Gasteiger partial charge on any atom is -0.493 e. The molecule has 0 atom stereocenters. The molecule has 0 saturated carbocycles. The molecule has 0 N–H and O–H groups in total. The van der Waals surface area contributed by atoms with Gasteiger partial charge >= 0.3 is 5.97 Å². The molecular weight excluding hydrogens is 232 g/mol. The van der Waals surface area contributed by atoms with Crippen molar-refractivity contribution in [1.29, 1.82) is 0 Å². The molecule has 0 aromatic heterocycles. The zero-order valence-corrected chi connectivity index (χ0v) is 10.9. The van der Waals surface area contributed by atoms with Gasteiger partial charge in [0.15, 0.2) is 11.5 Å². The molecule has 0 amide bonds. The molecule has 0 unspecified atom stereocenters. The van der Waals surface area contributed by atoms with Gasteiger partial charge < -0.3 is 14.3 Å². The van der Waals surface area contributed by atoms with Gasteiger partial charge in [0, 0.05) is 6.42 Å². The predicted octanol–water partition coefficient (Wildman–Crippen LogP) is 2.39. The van der Waals surface area contributed by atoms with Gasteiger partial charge in [0.05, 0.1) is 13.0 Å². The quantitative estimate of drug-likeness (QED) is 0.442. The van der Waals surface area contributed by atoms with Crippen molar-refractivity contribution in [3.8, 4) is 11.5 Å². The van der Waals surface area contributed by atoms with Crippen LogP contribution in [-0.4, -0.2) is 19.4 Å². The van der Waals surface area contributed by atoms with Gasteiger partial charge in [-0.25, -0.2) is 0 Å². The molecule has 1 aromatic carbocycles. The van der Waals surface area contributed by atoms with Crippen LogP contribution in [0.5, 0.6) is 11.5 Å². The summed E-state index contributed by atoms with van der Waals surface area (Å²) >= 11 is 0. The van der Waals surface area contributed by atoms with E-state index in [2.05, 4.69) is 0 Å². The second-order valence-electron chi connectivity index (χ2n) is 4.27. The lowest BCUT2D eigenvalue weighted by Crippen LogP contribution is -2.15. The largest absolute Gasteiger partial charge is 0.493 e. The van der Waals surface area contributed by atoms with Gasteiger partial charge in [-0.3, -0.25) is 4.79 Å². The molecule has 4 heteroatoms. The third-order valence-electron chi connectivity index (χ3n) is 2.46. The number of benzene rings is 1. The Balaban J connectivity index is 2.86. The lowest BCUT2D eigenvalue weighted by atomic mass is 10.1. The summed E-state index contributed by atoms with van der Waals surface area (Å²) in [5, 5.41) is 0. The SMILES string of the molecule is COc1cc(CCC=O)ccc1OC(=O)C(C)C. The summed E-state index contributed by atoms with van der Waals surface area (Å²) in [5.41, 5.74) is 0.975. The minimum atomic E-state index is -0.297. The van der Waals surface area contributed by atoms with Gasteiger partial charge in [0.2, 0.25) is 0 Å². The van der Waals surface area contributed by atoms with E-state index in [1.807, 2.05) is 6.07 Å². The summed E-state index contributed by atoms with van der Waals surface area (Å²) in [7, 11) is 1.52. The van der Waals surface area contributed by atoms with Crippen molar-refractivity contribution < 1.29 is 19.1 Å². The number of rotatable bonds is 6. The number of esters is 1. The standard InChI is InChI=1S/C14H18O4/c1-10(2)14(16)18-12-7-6-11(5-4-8-15)9-13(12)17-3/h6-10H,4-5H2,1-3H3. The molecule has 0 fully saturated rings. The van der Waals surface area contributed by atoms with Crippen LogP contribution >= 0.6 is 0 Å². The second kappa shape index (κ2) is 6.79. The number of hydrogen-bond acceptors (Lipinski definition) is 4. The summed E-state index contributed by atoms with van der Waals surface area (Å²) < 4.78 is 10.4. The van der Waals surface area contributed by atoms with Crippen molar-refractivity contribution in [2.24, 2.45) is 5.92 Å². The van der Waals surface area contributed by atoms with E-state index in [4.69, 9.17) is 9.47 Å². The number of ether oxygens (including phenoxy) is 2. The highest BCUT2D eigenvalue weighted by Crippen LogP contribution is 2.29. The Morgan fingerprint density at radius 1 is 1.33 bits per heavy atom. The van der Waals surface area contributed by atoms with Gasteiger partial charge in [-0.1, -0.05) is 19.9 Å². The zero-order valence-electron chi connectivity index (χ0n) is 10.9. The number of hydrogen-bond donors (Lipinski definition) is 0. The molecule has 1 aromatic rings. The van der Waals surface area contributed by atoms with Crippen LogP contribution in [0.1, 0.15) is 25.8 Å². The van der Waals surface area contributed by atoms with E-state index in [0.29, 0.717) is 24.3 Å². The van der Waals surface area contributed by atoms with Crippen molar-refractivity contribution in [3.05, 3.63) is 23.8 Å². The Hall–Kier alpha value is -1.84. The molecule has 98 valence electrons. The van der Waals surface area contributed by atoms with E-state index in [-0.39, 0.29) is 11.9 Å². The normalized spacial score (nSPS) is 10.2. The van der Waals surface area contributed by atoms with E-state index < -0.39 is 0 Å².